The van der Waals surface area contributed by atoms with Crippen molar-refractivity contribution in [3.8, 4) is 0 Å². The molecule has 21 heavy (non-hydrogen) atoms. The Labute approximate surface area is 132 Å². The molecule has 0 unspecified atom stereocenters. The number of halogens is 1. The lowest BCUT2D eigenvalue weighted by atomic mass is 9.76. The molecule has 2 aromatic rings. The summed E-state index contributed by atoms with van der Waals surface area (Å²) >= 11 is 3.46. The fourth-order valence-corrected chi connectivity index (χ4v) is 3.01. The first-order valence-electron chi connectivity index (χ1n) is 7.03. The van der Waals surface area contributed by atoms with Gasteiger partial charge in [0, 0.05) is 21.8 Å². The van der Waals surface area contributed by atoms with E-state index in [4.69, 9.17) is 5.73 Å². The fourth-order valence-electron chi connectivity index (χ4n) is 2.74. The Hall–Kier alpha value is -1.81. The summed E-state index contributed by atoms with van der Waals surface area (Å²) in [7, 11) is 0. The SMILES string of the molecule is NC(=O)c1cccc(NC2CC(c3ccc(Br)cc3)C2)c1. The zero-order valence-corrected chi connectivity index (χ0v) is 13.1. The van der Waals surface area contributed by atoms with Gasteiger partial charge in [0.2, 0.25) is 5.91 Å². The van der Waals surface area contributed by atoms with Gasteiger partial charge >= 0.3 is 0 Å². The maximum absolute atomic E-state index is 11.2. The first kappa shape index (κ1) is 14.1. The van der Waals surface area contributed by atoms with E-state index in [0.717, 1.165) is 23.0 Å². The van der Waals surface area contributed by atoms with Crippen LogP contribution in [-0.4, -0.2) is 11.9 Å². The number of carbonyl (C=O) groups excluding carboxylic acids is 1. The average molecular weight is 345 g/mol. The molecule has 1 saturated carbocycles. The highest BCUT2D eigenvalue weighted by molar-refractivity contribution is 9.10. The molecule has 0 aromatic heterocycles. The lowest BCUT2D eigenvalue weighted by molar-refractivity contribution is 0.100. The van der Waals surface area contributed by atoms with E-state index >= 15 is 0 Å². The van der Waals surface area contributed by atoms with Gasteiger partial charge in [-0.15, -0.1) is 0 Å². The molecule has 0 spiro atoms. The van der Waals surface area contributed by atoms with Crippen LogP contribution in [0.25, 0.3) is 0 Å². The normalized spacial score (nSPS) is 20.6. The number of benzene rings is 2. The summed E-state index contributed by atoms with van der Waals surface area (Å²) in [6.07, 6.45) is 2.23. The van der Waals surface area contributed by atoms with Crippen molar-refractivity contribution < 1.29 is 4.79 Å². The van der Waals surface area contributed by atoms with Crippen LogP contribution in [0.15, 0.2) is 53.0 Å². The van der Waals surface area contributed by atoms with E-state index in [0.29, 0.717) is 17.5 Å². The van der Waals surface area contributed by atoms with Gasteiger partial charge in [-0.2, -0.15) is 0 Å². The first-order chi connectivity index (χ1) is 10.1. The van der Waals surface area contributed by atoms with Gasteiger partial charge in [0.15, 0.2) is 0 Å². The minimum absolute atomic E-state index is 0.389. The van der Waals surface area contributed by atoms with E-state index in [1.807, 2.05) is 18.2 Å². The second kappa shape index (κ2) is 5.90. The number of anilines is 1. The van der Waals surface area contributed by atoms with Crippen LogP contribution in [0.5, 0.6) is 0 Å². The maximum atomic E-state index is 11.2. The predicted octanol–water partition coefficient (Wildman–Crippen LogP) is 3.91. The molecule has 1 fully saturated rings. The summed E-state index contributed by atoms with van der Waals surface area (Å²) in [6, 6.07) is 16.4. The Morgan fingerprint density at radius 3 is 2.52 bits per heavy atom. The summed E-state index contributed by atoms with van der Waals surface area (Å²) < 4.78 is 1.11. The molecular formula is C17H17BrN2O. The predicted molar refractivity (Wildman–Crippen MR) is 88.5 cm³/mol. The van der Waals surface area contributed by atoms with Crippen molar-refractivity contribution in [2.45, 2.75) is 24.8 Å². The highest BCUT2D eigenvalue weighted by Crippen LogP contribution is 2.38. The van der Waals surface area contributed by atoms with Gasteiger partial charge in [-0.3, -0.25) is 4.79 Å². The van der Waals surface area contributed by atoms with Gasteiger partial charge in [-0.25, -0.2) is 0 Å². The van der Waals surface area contributed by atoms with E-state index in [1.165, 1.54) is 5.56 Å². The topological polar surface area (TPSA) is 55.1 Å². The van der Waals surface area contributed by atoms with Crippen LogP contribution in [0, 0.1) is 0 Å². The van der Waals surface area contributed by atoms with Crippen LogP contribution in [-0.2, 0) is 0 Å². The molecule has 0 heterocycles. The van der Waals surface area contributed by atoms with Crippen LogP contribution in [0.1, 0.15) is 34.7 Å². The third kappa shape index (κ3) is 3.27. The molecule has 3 N–H and O–H groups in total. The van der Waals surface area contributed by atoms with Crippen molar-refractivity contribution in [1.82, 2.24) is 0 Å². The highest BCUT2D eigenvalue weighted by Gasteiger charge is 2.30. The number of primary amides is 1. The van der Waals surface area contributed by atoms with Crippen LogP contribution in [0.4, 0.5) is 5.69 Å². The monoisotopic (exact) mass is 344 g/mol. The maximum Gasteiger partial charge on any atom is 0.248 e. The number of hydrogen-bond acceptors (Lipinski definition) is 2. The summed E-state index contributed by atoms with van der Waals surface area (Å²) in [4.78, 5) is 11.2. The minimum Gasteiger partial charge on any atom is -0.382 e. The van der Waals surface area contributed by atoms with E-state index in [9.17, 15) is 4.79 Å². The lowest BCUT2D eigenvalue weighted by Crippen LogP contribution is -2.34. The van der Waals surface area contributed by atoms with Gasteiger partial charge in [-0.1, -0.05) is 34.1 Å². The van der Waals surface area contributed by atoms with Crippen molar-refractivity contribution in [1.29, 1.82) is 0 Å². The van der Waals surface area contributed by atoms with Gasteiger partial charge in [-0.05, 0) is 54.7 Å². The first-order valence-corrected chi connectivity index (χ1v) is 7.83. The molecule has 4 heteroatoms. The number of nitrogens with one attached hydrogen (secondary N) is 1. The zero-order valence-electron chi connectivity index (χ0n) is 11.6. The molecule has 0 saturated heterocycles. The number of carbonyl (C=O) groups is 1. The fraction of sp³-hybridized carbons (Fsp3) is 0.235. The molecule has 0 aliphatic heterocycles. The Kier molecular flexibility index (Phi) is 3.97. The summed E-state index contributed by atoms with van der Waals surface area (Å²) in [5.41, 5.74) is 8.20. The largest absolute Gasteiger partial charge is 0.382 e. The van der Waals surface area contributed by atoms with Crippen molar-refractivity contribution in [2.75, 3.05) is 5.32 Å². The molecule has 0 atom stereocenters. The Morgan fingerprint density at radius 2 is 1.86 bits per heavy atom. The van der Waals surface area contributed by atoms with E-state index in [2.05, 4.69) is 45.5 Å². The van der Waals surface area contributed by atoms with Crippen molar-refractivity contribution in [3.05, 3.63) is 64.1 Å². The summed E-state index contributed by atoms with van der Waals surface area (Å²) in [5, 5.41) is 3.47. The molecular weight excluding hydrogens is 328 g/mol. The minimum atomic E-state index is -0.389. The average Bonchev–Trinajstić information content (AvgIpc) is 2.44. The molecule has 1 aliphatic carbocycles. The number of rotatable bonds is 4. The lowest BCUT2D eigenvalue weighted by Gasteiger charge is -2.37. The quantitative estimate of drug-likeness (QED) is 0.883. The van der Waals surface area contributed by atoms with Gasteiger partial charge in [0.25, 0.3) is 0 Å². The molecule has 1 amide bonds. The zero-order chi connectivity index (χ0) is 14.8. The standard InChI is InChI=1S/C17H17BrN2O/c18-14-6-4-11(5-7-14)13-9-16(10-13)20-15-3-1-2-12(8-15)17(19)21/h1-8,13,16,20H,9-10H2,(H2,19,21). The second-order valence-corrected chi connectivity index (χ2v) is 6.42. The molecule has 0 radical (unpaired) electrons. The van der Waals surface area contributed by atoms with E-state index in [-0.39, 0.29) is 5.91 Å². The molecule has 3 rings (SSSR count). The Morgan fingerprint density at radius 1 is 1.14 bits per heavy atom. The van der Waals surface area contributed by atoms with Crippen LogP contribution < -0.4 is 11.1 Å². The summed E-state index contributed by atoms with van der Waals surface area (Å²) in [6.45, 7) is 0. The highest BCUT2D eigenvalue weighted by atomic mass is 79.9. The number of amides is 1. The molecule has 0 bridgehead atoms. The van der Waals surface area contributed by atoms with E-state index in [1.54, 1.807) is 6.07 Å². The molecule has 3 nitrogen and oxygen atoms in total. The van der Waals surface area contributed by atoms with Crippen LogP contribution >= 0.6 is 15.9 Å². The number of nitrogens with two attached hydrogens (primary N) is 1. The molecule has 1 aliphatic rings. The van der Waals surface area contributed by atoms with Gasteiger partial charge in [0.05, 0.1) is 0 Å². The summed E-state index contributed by atoms with van der Waals surface area (Å²) in [5.74, 6) is 0.231. The Balaban J connectivity index is 1.58. The van der Waals surface area contributed by atoms with Gasteiger partial charge in [0.1, 0.15) is 0 Å². The van der Waals surface area contributed by atoms with Gasteiger partial charge < -0.3 is 11.1 Å². The van der Waals surface area contributed by atoms with Crippen molar-refractivity contribution in [3.63, 3.8) is 0 Å². The molecule has 108 valence electrons. The van der Waals surface area contributed by atoms with E-state index < -0.39 is 0 Å². The smallest absolute Gasteiger partial charge is 0.248 e. The second-order valence-electron chi connectivity index (χ2n) is 5.51. The van der Waals surface area contributed by atoms with Crippen LogP contribution in [0.3, 0.4) is 0 Å². The Bertz CT molecular complexity index is 648. The van der Waals surface area contributed by atoms with Crippen LogP contribution in [0.2, 0.25) is 0 Å². The number of hydrogen-bond donors (Lipinski definition) is 2. The molecule has 2 aromatic carbocycles. The van der Waals surface area contributed by atoms with Crippen molar-refractivity contribution >= 4 is 27.5 Å². The van der Waals surface area contributed by atoms with Crippen molar-refractivity contribution in [2.24, 2.45) is 5.73 Å². The third-order valence-electron chi connectivity index (χ3n) is 4.00. The third-order valence-corrected chi connectivity index (χ3v) is 4.53.